The van der Waals surface area contributed by atoms with Crippen LogP contribution < -0.4 is 0 Å². The van der Waals surface area contributed by atoms with Crippen LogP contribution in [0.2, 0.25) is 0 Å². The summed E-state index contributed by atoms with van der Waals surface area (Å²) in [6.07, 6.45) is 11.7. The van der Waals surface area contributed by atoms with Crippen LogP contribution in [-0.4, -0.2) is 13.1 Å². The van der Waals surface area contributed by atoms with Gasteiger partial charge >= 0.3 is 5.97 Å². The Hall–Kier alpha value is -1.05. The Kier molecular flexibility index (Phi) is 8.31. The van der Waals surface area contributed by atoms with Gasteiger partial charge in [-0.3, -0.25) is 4.79 Å². The summed E-state index contributed by atoms with van der Waals surface area (Å²) in [4.78, 5) is 10.7. The first-order valence-electron chi connectivity index (χ1n) is 4.64. The van der Waals surface area contributed by atoms with Crippen molar-refractivity contribution in [1.82, 2.24) is 0 Å². The third kappa shape index (κ3) is 8.86. The van der Waals surface area contributed by atoms with Gasteiger partial charge in [-0.25, -0.2) is 0 Å². The number of unbranched alkanes of at least 4 members (excludes halogenated alkanes) is 1. The van der Waals surface area contributed by atoms with E-state index in [-0.39, 0.29) is 5.97 Å². The number of methoxy groups -OCH3 is 1. The molecule has 0 saturated carbocycles. The molecular formula is C11H18O2. The average Bonchev–Trinajstić information content (AvgIpc) is 2.16. The fourth-order valence-corrected chi connectivity index (χ4v) is 0.898. The molecule has 0 unspecified atom stereocenters. The van der Waals surface area contributed by atoms with Gasteiger partial charge in [-0.2, -0.15) is 0 Å². The smallest absolute Gasteiger partial charge is 0.305 e. The van der Waals surface area contributed by atoms with Crippen LogP contribution in [0.25, 0.3) is 0 Å². The lowest BCUT2D eigenvalue weighted by Crippen LogP contribution is -1.97. The normalized spacial score (nSPS) is 11.2. The maximum atomic E-state index is 10.7. The molecule has 0 aliphatic heterocycles. The number of hydrogen-bond donors (Lipinski definition) is 0. The van der Waals surface area contributed by atoms with Crippen molar-refractivity contribution in [2.24, 2.45) is 0 Å². The third-order valence-electron chi connectivity index (χ3n) is 1.65. The van der Waals surface area contributed by atoms with E-state index in [0.29, 0.717) is 6.42 Å². The highest BCUT2D eigenvalue weighted by atomic mass is 16.5. The fraction of sp³-hybridized carbons (Fsp3) is 0.545. The molecule has 13 heavy (non-hydrogen) atoms. The summed E-state index contributed by atoms with van der Waals surface area (Å²) in [5.41, 5.74) is 0. The minimum Gasteiger partial charge on any atom is -0.469 e. The lowest BCUT2D eigenvalue weighted by Gasteiger charge is -1.93. The molecule has 0 aromatic carbocycles. The molecule has 0 bridgehead atoms. The lowest BCUT2D eigenvalue weighted by molar-refractivity contribution is -0.140. The van der Waals surface area contributed by atoms with Gasteiger partial charge in [0.15, 0.2) is 0 Å². The standard InChI is InChI=1S/C11H18O2/c1-3-4-5-6-7-8-9-10-11(12)13-2/h3-4,7-8H,5-6,9-10H2,1-2H3/b4-3+,8-7+. The summed E-state index contributed by atoms with van der Waals surface area (Å²) in [7, 11) is 1.41. The van der Waals surface area contributed by atoms with E-state index in [4.69, 9.17) is 0 Å². The molecule has 74 valence electrons. The van der Waals surface area contributed by atoms with E-state index in [0.717, 1.165) is 19.3 Å². The van der Waals surface area contributed by atoms with Crippen molar-refractivity contribution in [3.63, 3.8) is 0 Å². The number of rotatable bonds is 6. The van der Waals surface area contributed by atoms with Crippen molar-refractivity contribution >= 4 is 5.97 Å². The van der Waals surface area contributed by atoms with Gasteiger partial charge < -0.3 is 4.74 Å². The largest absolute Gasteiger partial charge is 0.469 e. The van der Waals surface area contributed by atoms with E-state index in [2.05, 4.69) is 16.9 Å². The second-order valence-electron chi connectivity index (χ2n) is 2.73. The summed E-state index contributed by atoms with van der Waals surface area (Å²) < 4.78 is 4.51. The van der Waals surface area contributed by atoms with Crippen LogP contribution in [0.1, 0.15) is 32.6 Å². The average molecular weight is 182 g/mol. The van der Waals surface area contributed by atoms with Crippen LogP contribution in [-0.2, 0) is 9.53 Å². The maximum Gasteiger partial charge on any atom is 0.305 e. The summed E-state index contributed by atoms with van der Waals surface area (Å²) in [5, 5.41) is 0. The molecular weight excluding hydrogens is 164 g/mol. The number of carbonyl (C=O) groups excluding carboxylic acids is 1. The zero-order valence-corrected chi connectivity index (χ0v) is 8.45. The van der Waals surface area contributed by atoms with E-state index < -0.39 is 0 Å². The molecule has 0 fully saturated rings. The van der Waals surface area contributed by atoms with E-state index in [1.807, 2.05) is 19.1 Å². The first kappa shape index (κ1) is 11.9. The Labute approximate surface area is 80.3 Å². The van der Waals surface area contributed by atoms with Crippen LogP contribution in [0, 0.1) is 0 Å². The van der Waals surface area contributed by atoms with Crippen LogP contribution in [0.3, 0.4) is 0 Å². The highest BCUT2D eigenvalue weighted by Gasteiger charge is 1.94. The maximum absolute atomic E-state index is 10.7. The van der Waals surface area contributed by atoms with Gasteiger partial charge in [0.2, 0.25) is 0 Å². The van der Waals surface area contributed by atoms with Gasteiger partial charge in [-0.1, -0.05) is 24.3 Å². The molecule has 0 aromatic rings. The minimum absolute atomic E-state index is 0.141. The molecule has 0 saturated heterocycles. The zero-order valence-electron chi connectivity index (χ0n) is 8.45. The molecule has 0 amide bonds. The first-order chi connectivity index (χ1) is 6.31. The van der Waals surface area contributed by atoms with Gasteiger partial charge in [-0.05, 0) is 26.2 Å². The van der Waals surface area contributed by atoms with E-state index >= 15 is 0 Å². The van der Waals surface area contributed by atoms with Gasteiger partial charge in [-0.15, -0.1) is 0 Å². The van der Waals surface area contributed by atoms with E-state index in [1.165, 1.54) is 7.11 Å². The summed E-state index contributed by atoms with van der Waals surface area (Å²) in [6.45, 7) is 2.01. The van der Waals surface area contributed by atoms with Gasteiger partial charge in [0.05, 0.1) is 7.11 Å². The van der Waals surface area contributed by atoms with Crippen molar-refractivity contribution in [1.29, 1.82) is 0 Å². The van der Waals surface area contributed by atoms with Crippen LogP contribution >= 0.6 is 0 Å². The van der Waals surface area contributed by atoms with Crippen molar-refractivity contribution in [3.05, 3.63) is 24.3 Å². The molecule has 0 atom stereocenters. The summed E-state index contributed by atoms with van der Waals surface area (Å²) in [6, 6.07) is 0. The molecule has 0 N–H and O–H groups in total. The molecule has 0 aromatic heterocycles. The first-order valence-corrected chi connectivity index (χ1v) is 4.64. The molecule has 0 aliphatic rings. The highest BCUT2D eigenvalue weighted by Crippen LogP contribution is 1.97. The van der Waals surface area contributed by atoms with Crippen molar-refractivity contribution in [3.8, 4) is 0 Å². The SMILES string of the molecule is C/C=C/CC/C=C/CCC(=O)OC. The number of ether oxygens (including phenoxy) is 1. The molecule has 2 nitrogen and oxygen atoms in total. The van der Waals surface area contributed by atoms with Crippen molar-refractivity contribution < 1.29 is 9.53 Å². The monoisotopic (exact) mass is 182 g/mol. The Morgan fingerprint density at radius 2 is 1.77 bits per heavy atom. The second-order valence-corrected chi connectivity index (χ2v) is 2.73. The van der Waals surface area contributed by atoms with Crippen molar-refractivity contribution in [2.45, 2.75) is 32.6 Å². The Morgan fingerprint density at radius 1 is 1.15 bits per heavy atom. The fourth-order valence-electron chi connectivity index (χ4n) is 0.898. The number of esters is 1. The van der Waals surface area contributed by atoms with E-state index in [9.17, 15) is 4.79 Å². The van der Waals surface area contributed by atoms with Crippen LogP contribution in [0.5, 0.6) is 0 Å². The predicted molar refractivity (Wildman–Crippen MR) is 54.4 cm³/mol. The Morgan fingerprint density at radius 3 is 2.38 bits per heavy atom. The number of carbonyl (C=O) groups is 1. The highest BCUT2D eigenvalue weighted by molar-refractivity contribution is 5.69. The molecule has 0 aliphatic carbocycles. The molecule has 0 heterocycles. The molecule has 2 heteroatoms. The molecule has 0 radical (unpaired) electrons. The Bertz CT molecular complexity index is 181. The summed E-state index contributed by atoms with van der Waals surface area (Å²) in [5.74, 6) is -0.141. The minimum atomic E-state index is -0.141. The van der Waals surface area contributed by atoms with Crippen LogP contribution in [0.4, 0.5) is 0 Å². The molecule has 0 rings (SSSR count). The topological polar surface area (TPSA) is 26.3 Å². The quantitative estimate of drug-likeness (QED) is 0.358. The summed E-state index contributed by atoms with van der Waals surface area (Å²) >= 11 is 0. The van der Waals surface area contributed by atoms with Gasteiger partial charge in [0.1, 0.15) is 0 Å². The van der Waals surface area contributed by atoms with Crippen LogP contribution in [0.15, 0.2) is 24.3 Å². The van der Waals surface area contributed by atoms with Gasteiger partial charge in [0, 0.05) is 6.42 Å². The molecule has 0 spiro atoms. The number of hydrogen-bond acceptors (Lipinski definition) is 2. The zero-order chi connectivity index (χ0) is 9.94. The number of allylic oxidation sites excluding steroid dienone is 4. The third-order valence-corrected chi connectivity index (χ3v) is 1.65. The van der Waals surface area contributed by atoms with Gasteiger partial charge in [0.25, 0.3) is 0 Å². The van der Waals surface area contributed by atoms with E-state index in [1.54, 1.807) is 0 Å². The lowest BCUT2D eigenvalue weighted by atomic mass is 10.2. The Balaban J connectivity index is 3.26. The van der Waals surface area contributed by atoms with Crippen molar-refractivity contribution in [2.75, 3.05) is 7.11 Å². The predicted octanol–water partition coefficient (Wildman–Crippen LogP) is 2.85. The second kappa shape index (κ2) is 9.04.